The monoisotopic (exact) mass is 201 g/mol. The summed E-state index contributed by atoms with van der Waals surface area (Å²) in [7, 11) is 0. The van der Waals surface area contributed by atoms with E-state index in [9.17, 15) is 4.39 Å². The first-order valence-electron chi connectivity index (χ1n) is 4.21. The lowest BCUT2D eigenvalue weighted by Gasteiger charge is -2.09. The van der Waals surface area contributed by atoms with Gasteiger partial charge in [-0.15, -0.1) is 0 Å². The van der Waals surface area contributed by atoms with Gasteiger partial charge in [-0.25, -0.2) is 4.39 Å². The Morgan fingerprint density at radius 1 is 1.54 bits per heavy atom. The van der Waals surface area contributed by atoms with Gasteiger partial charge in [0, 0.05) is 6.04 Å². The van der Waals surface area contributed by atoms with E-state index in [0.29, 0.717) is 12.0 Å². The van der Waals surface area contributed by atoms with Gasteiger partial charge < -0.3 is 5.73 Å². The third-order valence-corrected chi connectivity index (χ3v) is 2.31. The fourth-order valence-corrected chi connectivity index (χ4v) is 1.48. The standard InChI is InChI=1S/C10H13ClFN/c1-6-3-4-8(5-7(2)13)9(11)10(6)12/h3-4,7H,5,13H2,1-2H3. The normalized spacial score (nSPS) is 13.0. The largest absolute Gasteiger partial charge is 0.328 e. The summed E-state index contributed by atoms with van der Waals surface area (Å²) in [5.41, 5.74) is 6.95. The summed E-state index contributed by atoms with van der Waals surface area (Å²) in [6.45, 7) is 3.56. The highest BCUT2D eigenvalue weighted by Gasteiger charge is 2.09. The van der Waals surface area contributed by atoms with Crippen molar-refractivity contribution in [2.75, 3.05) is 0 Å². The number of nitrogens with two attached hydrogens (primary N) is 1. The molecule has 0 fully saturated rings. The van der Waals surface area contributed by atoms with Crippen molar-refractivity contribution in [3.63, 3.8) is 0 Å². The Balaban J connectivity index is 3.04. The lowest BCUT2D eigenvalue weighted by molar-refractivity contribution is 0.614. The minimum Gasteiger partial charge on any atom is -0.328 e. The second-order valence-corrected chi connectivity index (χ2v) is 3.73. The van der Waals surface area contributed by atoms with Crippen LogP contribution in [0, 0.1) is 12.7 Å². The van der Waals surface area contributed by atoms with Gasteiger partial charge in [0.2, 0.25) is 0 Å². The summed E-state index contributed by atoms with van der Waals surface area (Å²) in [5, 5.41) is 0.206. The highest BCUT2D eigenvalue weighted by molar-refractivity contribution is 6.31. The van der Waals surface area contributed by atoms with Crippen molar-refractivity contribution < 1.29 is 4.39 Å². The molecule has 13 heavy (non-hydrogen) atoms. The summed E-state index contributed by atoms with van der Waals surface area (Å²) < 4.78 is 13.3. The second-order valence-electron chi connectivity index (χ2n) is 3.35. The Bertz CT molecular complexity index is 310. The van der Waals surface area contributed by atoms with Crippen LogP contribution >= 0.6 is 11.6 Å². The molecule has 0 radical (unpaired) electrons. The highest BCUT2D eigenvalue weighted by Crippen LogP contribution is 2.23. The summed E-state index contributed by atoms with van der Waals surface area (Å²) >= 11 is 5.81. The van der Waals surface area contributed by atoms with Crippen LogP contribution in [0.5, 0.6) is 0 Å². The molecule has 0 aliphatic rings. The lowest BCUT2D eigenvalue weighted by atomic mass is 10.1. The van der Waals surface area contributed by atoms with E-state index in [0.717, 1.165) is 5.56 Å². The van der Waals surface area contributed by atoms with Crippen molar-refractivity contribution in [2.45, 2.75) is 26.3 Å². The van der Waals surface area contributed by atoms with Crippen LogP contribution in [0.25, 0.3) is 0 Å². The van der Waals surface area contributed by atoms with Crippen LogP contribution in [0.4, 0.5) is 4.39 Å². The first-order valence-corrected chi connectivity index (χ1v) is 4.59. The molecule has 0 saturated heterocycles. The molecule has 1 aromatic carbocycles. The molecule has 0 amide bonds. The molecule has 0 spiro atoms. The van der Waals surface area contributed by atoms with Crippen LogP contribution in [0.3, 0.4) is 0 Å². The molecule has 0 heterocycles. The zero-order valence-electron chi connectivity index (χ0n) is 7.77. The summed E-state index contributed by atoms with van der Waals surface area (Å²) in [4.78, 5) is 0. The third-order valence-electron chi connectivity index (χ3n) is 1.90. The van der Waals surface area contributed by atoms with Crippen molar-refractivity contribution in [1.82, 2.24) is 0 Å². The molecular formula is C10H13ClFN. The minimum absolute atomic E-state index is 0.000365. The van der Waals surface area contributed by atoms with Crippen molar-refractivity contribution in [3.8, 4) is 0 Å². The smallest absolute Gasteiger partial charge is 0.144 e. The Morgan fingerprint density at radius 2 is 2.15 bits per heavy atom. The number of halogens is 2. The molecule has 3 heteroatoms. The minimum atomic E-state index is -0.334. The van der Waals surface area contributed by atoms with Gasteiger partial charge in [-0.2, -0.15) is 0 Å². The fourth-order valence-electron chi connectivity index (χ4n) is 1.19. The molecule has 72 valence electrons. The first-order chi connectivity index (χ1) is 6.02. The van der Waals surface area contributed by atoms with E-state index < -0.39 is 0 Å². The molecule has 2 N–H and O–H groups in total. The van der Waals surface area contributed by atoms with Crippen LogP contribution in [0.2, 0.25) is 5.02 Å². The third kappa shape index (κ3) is 2.42. The molecule has 1 rings (SSSR count). The number of hydrogen-bond acceptors (Lipinski definition) is 1. The van der Waals surface area contributed by atoms with Gasteiger partial charge >= 0.3 is 0 Å². The van der Waals surface area contributed by atoms with Crippen molar-refractivity contribution >= 4 is 11.6 Å². The number of aryl methyl sites for hydroxylation is 1. The van der Waals surface area contributed by atoms with Crippen LogP contribution in [0.1, 0.15) is 18.1 Å². The van der Waals surface area contributed by atoms with E-state index in [1.54, 1.807) is 13.0 Å². The Labute approximate surface area is 82.7 Å². The quantitative estimate of drug-likeness (QED) is 0.783. The maximum absolute atomic E-state index is 13.3. The van der Waals surface area contributed by atoms with E-state index in [-0.39, 0.29) is 16.9 Å². The molecule has 0 saturated carbocycles. The molecule has 0 aromatic heterocycles. The van der Waals surface area contributed by atoms with E-state index >= 15 is 0 Å². The predicted octanol–water partition coefficient (Wildman–Crippen LogP) is 2.68. The Morgan fingerprint density at radius 3 is 2.69 bits per heavy atom. The maximum atomic E-state index is 13.3. The van der Waals surface area contributed by atoms with Gasteiger partial charge in [0.15, 0.2) is 0 Å². The van der Waals surface area contributed by atoms with Gasteiger partial charge in [-0.3, -0.25) is 0 Å². The van der Waals surface area contributed by atoms with E-state index in [1.165, 1.54) is 0 Å². The van der Waals surface area contributed by atoms with Gasteiger partial charge in [0.05, 0.1) is 5.02 Å². The van der Waals surface area contributed by atoms with Crippen LogP contribution in [0.15, 0.2) is 12.1 Å². The van der Waals surface area contributed by atoms with Crippen LogP contribution < -0.4 is 5.73 Å². The topological polar surface area (TPSA) is 26.0 Å². The highest BCUT2D eigenvalue weighted by atomic mass is 35.5. The number of benzene rings is 1. The van der Waals surface area contributed by atoms with Crippen molar-refractivity contribution in [1.29, 1.82) is 0 Å². The zero-order chi connectivity index (χ0) is 10.0. The lowest BCUT2D eigenvalue weighted by Crippen LogP contribution is -2.18. The average Bonchev–Trinajstić information content (AvgIpc) is 2.06. The number of hydrogen-bond donors (Lipinski definition) is 1. The molecule has 0 bridgehead atoms. The van der Waals surface area contributed by atoms with E-state index in [1.807, 2.05) is 13.0 Å². The summed E-state index contributed by atoms with van der Waals surface area (Å²) in [6.07, 6.45) is 0.607. The zero-order valence-corrected chi connectivity index (χ0v) is 8.53. The molecule has 1 atom stereocenters. The molecule has 0 aliphatic heterocycles. The van der Waals surface area contributed by atoms with E-state index in [2.05, 4.69) is 0 Å². The van der Waals surface area contributed by atoms with Crippen molar-refractivity contribution in [3.05, 3.63) is 34.1 Å². The number of rotatable bonds is 2. The Hall–Kier alpha value is -0.600. The first kappa shape index (κ1) is 10.5. The SMILES string of the molecule is Cc1ccc(CC(C)N)c(Cl)c1F. The molecule has 1 unspecified atom stereocenters. The second kappa shape index (κ2) is 4.07. The Kier molecular flexibility index (Phi) is 3.28. The van der Waals surface area contributed by atoms with Gasteiger partial charge in [0.25, 0.3) is 0 Å². The van der Waals surface area contributed by atoms with Gasteiger partial charge in [-0.05, 0) is 31.4 Å². The summed E-state index contributed by atoms with van der Waals surface area (Å²) in [5.74, 6) is -0.334. The van der Waals surface area contributed by atoms with Crippen LogP contribution in [-0.2, 0) is 6.42 Å². The average molecular weight is 202 g/mol. The van der Waals surface area contributed by atoms with Gasteiger partial charge in [-0.1, -0.05) is 23.7 Å². The predicted molar refractivity (Wildman–Crippen MR) is 53.5 cm³/mol. The maximum Gasteiger partial charge on any atom is 0.144 e. The fraction of sp³-hybridized carbons (Fsp3) is 0.400. The molecule has 0 aliphatic carbocycles. The molecule has 1 nitrogen and oxygen atoms in total. The molecule has 1 aromatic rings. The molecular weight excluding hydrogens is 189 g/mol. The van der Waals surface area contributed by atoms with E-state index in [4.69, 9.17) is 17.3 Å². The van der Waals surface area contributed by atoms with Gasteiger partial charge in [0.1, 0.15) is 5.82 Å². The van der Waals surface area contributed by atoms with Crippen LogP contribution in [-0.4, -0.2) is 6.04 Å². The van der Waals surface area contributed by atoms with Crippen molar-refractivity contribution in [2.24, 2.45) is 5.73 Å². The summed E-state index contributed by atoms with van der Waals surface area (Å²) in [6, 6.07) is 3.54.